The molecule has 134 valence electrons. The van der Waals surface area contributed by atoms with E-state index in [-0.39, 0.29) is 18.1 Å². The number of aryl methyl sites for hydroxylation is 1. The van der Waals surface area contributed by atoms with Gasteiger partial charge < -0.3 is 14.7 Å². The maximum atomic E-state index is 12.2. The Balaban J connectivity index is 2.15. The van der Waals surface area contributed by atoms with Crippen molar-refractivity contribution in [1.29, 1.82) is 0 Å². The first-order valence-electron chi connectivity index (χ1n) is 8.37. The number of ether oxygens (including phenoxy) is 1. The summed E-state index contributed by atoms with van der Waals surface area (Å²) in [5.74, 6) is 0.716. The van der Waals surface area contributed by atoms with E-state index < -0.39 is 0 Å². The van der Waals surface area contributed by atoms with Crippen molar-refractivity contribution in [3.63, 3.8) is 0 Å². The van der Waals surface area contributed by atoms with Gasteiger partial charge in [-0.3, -0.25) is 4.79 Å². The zero-order valence-corrected chi connectivity index (χ0v) is 15.4. The monoisotopic (exact) mass is 350 g/mol. The number of hydrogen-bond acceptors (Lipinski definition) is 4. The summed E-state index contributed by atoms with van der Waals surface area (Å²) in [5.41, 5.74) is 4.00. The molecule has 0 atom stereocenters. The molecule has 1 amide bonds. The number of methoxy groups -OCH3 is 1. The molecule has 0 unspecified atom stereocenters. The van der Waals surface area contributed by atoms with Gasteiger partial charge in [0.15, 0.2) is 0 Å². The quantitative estimate of drug-likeness (QED) is 0.781. The highest BCUT2D eigenvalue weighted by Crippen LogP contribution is 2.34. The van der Waals surface area contributed by atoms with Crippen molar-refractivity contribution in [2.45, 2.75) is 13.3 Å². The van der Waals surface area contributed by atoms with E-state index in [0.717, 1.165) is 22.0 Å². The predicted molar refractivity (Wildman–Crippen MR) is 103 cm³/mol. The Morgan fingerprint density at radius 2 is 1.96 bits per heavy atom. The van der Waals surface area contributed by atoms with Crippen LogP contribution in [0.15, 0.2) is 42.5 Å². The fraction of sp³-hybridized carbons (Fsp3) is 0.238. The lowest BCUT2D eigenvalue weighted by atomic mass is 10.0. The summed E-state index contributed by atoms with van der Waals surface area (Å²) in [6.45, 7) is 2.01. The number of fused-ring (bicyclic) bond motifs is 1. The lowest BCUT2D eigenvalue weighted by molar-refractivity contribution is -0.127. The predicted octanol–water partition coefficient (Wildman–Crippen LogP) is 3.56. The first-order valence-corrected chi connectivity index (χ1v) is 8.37. The van der Waals surface area contributed by atoms with E-state index in [1.807, 2.05) is 31.2 Å². The molecule has 0 bridgehead atoms. The lowest BCUT2D eigenvalue weighted by Crippen LogP contribution is -2.23. The van der Waals surface area contributed by atoms with Crippen molar-refractivity contribution in [3.8, 4) is 22.8 Å². The molecule has 1 heterocycles. The van der Waals surface area contributed by atoms with E-state index in [1.54, 1.807) is 44.3 Å². The average Bonchev–Trinajstić information content (AvgIpc) is 2.62. The highest BCUT2D eigenvalue weighted by molar-refractivity contribution is 5.91. The lowest BCUT2D eigenvalue weighted by Gasteiger charge is -2.14. The van der Waals surface area contributed by atoms with Gasteiger partial charge >= 0.3 is 0 Å². The molecule has 3 rings (SSSR count). The molecule has 0 aliphatic heterocycles. The van der Waals surface area contributed by atoms with Crippen LogP contribution in [-0.2, 0) is 11.2 Å². The zero-order valence-electron chi connectivity index (χ0n) is 15.4. The van der Waals surface area contributed by atoms with Crippen molar-refractivity contribution in [2.24, 2.45) is 0 Å². The van der Waals surface area contributed by atoms with Crippen LogP contribution in [0.1, 0.15) is 11.1 Å². The number of carbonyl (C=O) groups excluding carboxylic acids is 1. The number of phenolic OH excluding ortho intramolecular Hbond substituents is 1. The minimum atomic E-state index is 0.0228. The summed E-state index contributed by atoms with van der Waals surface area (Å²) < 4.78 is 5.14. The molecule has 26 heavy (non-hydrogen) atoms. The van der Waals surface area contributed by atoms with Gasteiger partial charge in [-0.25, -0.2) is 4.98 Å². The van der Waals surface area contributed by atoms with Crippen molar-refractivity contribution in [1.82, 2.24) is 9.88 Å². The largest absolute Gasteiger partial charge is 0.507 e. The van der Waals surface area contributed by atoms with Gasteiger partial charge in [-0.15, -0.1) is 0 Å². The van der Waals surface area contributed by atoms with Crippen LogP contribution < -0.4 is 4.74 Å². The molecule has 1 aromatic heterocycles. The highest BCUT2D eigenvalue weighted by Gasteiger charge is 2.14. The molecule has 5 nitrogen and oxygen atoms in total. The van der Waals surface area contributed by atoms with Crippen LogP contribution in [0.4, 0.5) is 0 Å². The Morgan fingerprint density at radius 1 is 1.19 bits per heavy atom. The fourth-order valence-corrected chi connectivity index (χ4v) is 2.93. The summed E-state index contributed by atoms with van der Waals surface area (Å²) in [4.78, 5) is 18.5. The number of hydrogen-bond donors (Lipinski definition) is 1. The molecule has 0 aliphatic rings. The average molecular weight is 350 g/mol. The number of pyridine rings is 1. The smallest absolute Gasteiger partial charge is 0.226 e. The summed E-state index contributed by atoms with van der Waals surface area (Å²) in [5, 5.41) is 11.4. The molecule has 0 saturated carbocycles. The number of aromatic nitrogens is 1. The topological polar surface area (TPSA) is 62.7 Å². The molecule has 5 heteroatoms. The number of nitrogens with zero attached hydrogens (tertiary/aromatic N) is 2. The molecule has 0 fully saturated rings. The van der Waals surface area contributed by atoms with Crippen LogP contribution in [0.25, 0.3) is 22.2 Å². The van der Waals surface area contributed by atoms with E-state index in [1.165, 1.54) is 0 Å². The molecule has 2 aromatic carbocycles. The molecule has 3 aromatic rings. The van der Waals surface area contributed by atoms with Crippen LogP contribution in [0.3, 0.4) is 0 Å². The molecule has 1 N–H and O–H groups in total. The summed E-state index contributed by atoms with van der Waals surface area (Å²) in [6.07, 6.45) is 0.287. The van der Waals surface area contributed by atoms with Crippen molar-refractivity contribution in [3.05, 3.63) is 53.6 Å². The number of amides is 1. The number of phenols is 1. The second-order valence-corrected chi connectivity index (χ2v) is 6.49. The van der Waals surface area contributed by atoms with Crippen LogP contribution in [-0.4, -0.2) is 42.1 Å². The third kappa shape index (κ3) is 3.33. The van der Waals surface area contributed by atoms with E-state index in [0.29, 0.717) is 17.0 Å². The number of carbonyl (C=O) groups is 1. The Kier molecular flexibility index (Phi) is 4.80. The van der Waals surface area contributed by atoms with Gasteiger partial charge in [0.25, 0.3) is 0 Å². The molecule has 0 spiro atoms. The normalized spacial score (nSPS) is 10.8. The highest BCUT2D eigenvalue weighted by atomic mass is 16.5. The number of aromatic hydroxyl groups is 1. The SMILES string of the molecule is COc1ccc(-c2cc(C)c3cccc(CC(=O)N(C)C)c3n2)c(O)c1. The Bertz CT molecular complexity index is 980. The second-order valence-electron chi connectivity index (χ2n) is 6.49. The fourth-order valence-electron chi connectivity index (χ4n) is 2.93. The molecular formula is C21H22N2O3. The van der Waals surface area contributed by atoms with Crippen LogP contribution >= 0.6 is 0 Å². The third-order valence-corrected chi connectivity index (χ3v) is 4.45. The summed E-state index contributed by atoms with van der Waals surface area (Å²) in [7, 11) is 5.04. The minimum absolute atomic E-state index is 0.0228. The van der Waals surface area contributed by atoms with Gasteiger partial charge in [0.1, 0.15) is 11.5 Å². The van der Waals surface area contributed by atoms with Crippen molar-refractivity contribution < 1.29 is 14.6 Å². The van der Waals surface area contributed by atoms with E-state index in [2.05, 4.69) is 0 Å². The third-order valence-electron chi connectivity index (χ3n) is 4.45. The summed E-state index contributed by atoms with van der Waals surface area (Å²) >= 11 is 0. The van der Waals surface area contributed by atoms with Gasteiger partial charge in [0, 0.05) is 31.1 Å². The van der Waals surface area contributed by atoms with Gasteiger partial charge in [-0.05, 0) is 36.2 Å². The second kappa shape index (κ2) is 7.04. The minimum Gasteiger partial charge on any atom is -0.507 e. The number of para-hydroxylation sites is 1. The maximum Gasteiger partial charge on any atom is 0.226 e. The maximum absolute atomic E-state index is 12.2. The first-order chi connectivity index (χ1) is 12.4. The van der Waals surface area contributed by atoms with Crippen molar-refractivity contribution >= 4 is 16.8 Å². The number of benzene rings is 2. The molecule has 0 aliphatic carbocycles. The molecular weight excluding hydrogens is 328 g/mol. The Morgan fingerprint density at radius 3 is 2.62 bits per heavy atom. The van der Waals surface area contributed by atoms with Gasteiger partial charge in [-0.1, -0.05) is 18.2 Å². The molecule has 0 saturated heterocycles. The van der Waals surface area contributed by atoms with Gasteiger partial charge in [-0.2, -0.15) is 0 Å². The van der Waals surface area contributed by atoms with Gasteiger partial charge in [0.2, 0.25) is 5.91 Å². The van der Waals surface area contributed by atoms with E-state index in [4.69, 9.17) is 9.72 Å². The Hall–Kier alpha value is -3.08. The van der Waals surface area contributed by atoms with E-state index >= 15 is 0 Å². The van der Waals surface area contributed by atoms with Crippen LogP contribution in [0, 0.1) is 6.92 Å². The van der Waals surface area contributed by atoms with Gasteiger partial charge in [0.05, 0.1) is 24.7 Å². The van der Waals surface area contributed by atoms with Crippen LogP contribution in [0.2, 0.25) is 0 Å². The summed E-state index contributed by atoms with van der Waals surface area (Å²) in [6, 6.07) is 13.0. The van der Waals surface area contributed by atoms with Crippen molar-refractivity contribution in [2.75, 3.05) is 21.2 Å². The standard InChI is InChI=1S/C21H22N2O3/c1-13-10-18(17-9-8-15(26-4)12-19(17)24)22-21-14(6-5-7-16(13)21)11-20(25)23(2)3/h5-10,12,24H,11H2,1-4H3. The molecule has 0 radical (unpaired) electrons. The van der Waals surface area contributed by atoms with E-state index in [9.17, 15) is 9.90 Å². The number of likely N-dealkylation sites (N-methyl/N-ethyl adjacent to an activating group) is 1. The number of rotatable bonds is 4. The Labute approximate surface area is 152 Å². The zero-order chi connectivity index (χ0) is 18.8. The first kappa shape index (κ1) is 17.7. The van der Waals surface area contributed by atoms with Crippen LogP contribution in [0.5, 0.6) is 11.5 Å².